The molecule has 2 N–H and O–H groups in total. The number of rotatable bonds is 38. The lowest BCUT2D eigenvalue weighted by atomic mass is 10.1. The Kier molecular flexibility index (Phi) is 27.9. The zero-order valence-electron chi connectivity index (χ0n) is 36.9. The van der Waals surface area contributed by atoms with Crippen LogP contribution in [0.5, 0.6) is 5.75 Å². The Labute approximate surface area is 356 Å². The molecule has 1 aromatic carbocycles. The molecule has 0 fully saturated rings. The van der Waals surface area contributed by atoms with Crippen molar-refractivity contribution in [2.75, 3.05) is 13.2 Å². The summed E-state index contributed by atoms with van der Waals surface area (Å²) >= 11 is 0. The van der Waals surface area contributed by atoms with Gasteiger partial charge in [-0.25, -0.2) is 19.1 Å². The fourth-order valence-electron chi connectivity index (χ4n) is 7.12. The van der Waals surface area contributed by atoms with E-state index in [2.05, 4.69) is 53.6 Å². The average molecular weight is 839 g/mol. The molecule has 0 aliphatic heterocycles. The molecular weight excluding hydrogens is 760 g/mol. The van der Waals surface area contributed by atoms with Gasteiger partial charge in [-0.3, -0.25) is 9.05 Å². The third-order valence-electron chi connectivity index (χ3n) is 10.8. The van der Waals surface area contributed by atoms with Crippen LogP contribution in [0.4, 0.5) is 0 Å². The second-order valence-electron chi connectivity index (χ2n) is 16.2. The molecule has 0 radical (unpaired) electrons. The second-order valence-corrected chi connectivity index (χ2v) is 18.0. The zero-order valence-corrected chi connectivity index (χ0v) is 37.8. The van der Waals surface area contributed by atoms with Gasteiger partial charge in [-0.1, -0.05) is 159 Å². The highest BCUT2D eigenvalue weighted by Gasteiger charge is 2.25. The highest BCUT2D eigenvalue weighted by Crippen LogP contribution is 2.44. The molecule has 0 atom stereocenters. The molecule has 11 heteroatoms. The Morgan fingerprint density at radius 1 is 0.661 bits per heavy atom. The lowest BCUT2D eigenvalue weighted by Crippen LogP contribution is -2.16. The third kappa shape index (κ3) is 23.5. The monoisotopic (exact) mass is 839 g/mol. The van der Waals surface area contributed by atoms with E-state index in [-0.39, 0.29) is 23.6 Å². The molecule has 3 aromatic rings. The summed E-state index contributed by atoms with van der Waals surface area (Å²) in [7, 11) is -3.62. The van der Waals surface area contributed by atoms with Gasteiger partial charge in [0, 0.05) is 11.5 Å². The van der Waals surface area contributed by atoms with Gasteiger partial charge in [0.15, 0.2) is 5.69 Å². The standard InChI is InChI=1S/C48H79N4O6P/c1-3-5-7-9-11-13-15-17-19-21-23-25-27-29-31-33-37-56-59(55,57-38-34-32-30-28-26-24-22-20-18-16-14-12-10-8-6-4-2)49-41-44-42-52(51-50-44)46-39-43-35-36-45(53)40-47(43)58-48(46)54/h17-20,35-36,39-40,42,53H,3-16,21-34,37-38,41H2,1-2H3,(H,49,55)/b19-17-,20-18-. The van der Waals surface area contributed by atoms with Crippen LogP contribution in [0, 0.1) is 0 Å². The van der Waals surface area contributed by atoms with Crippen LogP contribution in [-0.4, -0.2) is 33.3 Å². The molecule has 2 aromatic heterocycles. The average Bonchev–Trinajstić information content (AvgIpc) is 3.71. The van der Waals surface area contributed by atoms with Gasteiger partial charge in [0.05, 0.1) is 31.6 Å². The summed E-state index contributed by atoms with van der Waals surface area (Å²) in [5, 5.41) is 21.7. The van der Waals surface area contributed by atoms with E-state index in [1.165, 1.54) is 145 Å². The molecule has 59 heavy (non-hydrogen) atoms. The highest BCUT2D eigenvalue weighted by molar-refractivity contribution is 7.51. The lowest BCUT2D eigenvalue weighted by Gasteiger charge is -2.19. The first kappa shape index (κ1) is 50.3. The molecule has 0 saturated carbocycles. The topological polar surface area (TPSA) is 129 Å². The molecule has 3 rings (SSSR count). The Morgan fingerprint density at radius 3 is 1.61 bits per heavy atom. The van der Waals surface area contributed by atoms with Crippen molar-refractivity contribution in [3.8, 4) is 11.4 Å². The van der Waals surface area contributed by atoms with Crippen molar-refractivity contribution in [3.63, 3.8) is 0 Å². The van der Waals surface area contributed by atoms with Gasteiger partial charge in [-0.15, -0.1) is 5.10 Å². The molecule has 0 aliphatic rings. The normalized spacial score (nSPS) is 12.2. The Balaban J connectivity index is 1.36. The largest absolute Gasteiger partial charge is 0.508 e. The van der Waals surface area contributed by atoms with Gasteiger partial charge in [0.25, 0.3) is 0 Å². The number of phenolic OH excluding ortho intramolecular Hbond substituents is 1. The minimum atomic E-state index is -3.62. The number of aromatic hydroxyl groups is 1. The molecule has 0 amide bonds. The number of fused-ring (bicyclic) bond motifs is 1. The van der Waals surface area contributed by atoms with Crippen molar-refractivity contribution < 1.29 is 23.1 Å². The first-order valence-electron chi connectivity index (χ1n) is 23.6. The van der Waals surface area contributed by atoms with Gasteiger partial charge in [-0.05, 0) is 82.4 Å². The highest BCUT2D eigenvalue weighted by atomic mass is 31.2. The van der Waals surface area contributed by atoms with Crippen molar-refractivity contribution in [1.29, 1.82) is 0 Å². The number of aromatic nitrogens is 3. The van der Waals surface area contributed by atoms with Crippen LogP contribution < -0.4 is 10.7 Å². The summed E-state index contributed by atoms with van der Waals surface area (Å²) in [5.74, 6) is 0.0109. The van der Waals surface area contributed by atoms with Crippen LogP contribution in [0.2, 0.25) is 0 Å². The predicted molar refractivity (Wildman–Crippen MR) is 244 cm³/mol. The summed E-state index contributed by atoms with van der Waals surface area (Å²) < 4.78 is 32.5. The molecule has 0 unspecified atom stereocenters. The van der Waals surface area contributed by atoms with E-state index in [1.807, 2.05) is 0 Å². The summed E-state index contributed by atoms with van der Waals surface area (Å²) in [5.41, 5.74) is 0.311. The van der Waals surface area contributed by atoms with E-state index >= 15 is 0 Å². The van der Waals surface area contributed by atoms with Crippen LogP contribution >= 0.6 is 7.75 Å². The first-order chi connectivity index (χ1) is 28.9. The summed E-state index contributed by atoms with van der Waals surface area (Å²) in [6, 6.07) is 6.21. The number of allylic oxidation sites excluding steroid dienone is 4. The smallest absolute Gasteiger partial charge is 0.405 e. The van der Waals surface area contributed by atoms with Gasteiger partial charge >= 0.3 is 13.4 Å². The van der Waals surface area contributed by atoms with Gasteiger partial charge in [-0.2, -0.15) is 0 Å². The molecule has 332 valence electrons. The van der Waals surface area contributed by atoms with Crippen LogP contribution in [0.15, 0.2) is 64.0 Å². The van der Waals surface area contributed by atoms with Crippen LogP contribution in [0.25, 0.3) is 16.7 Å². The number of nitrogens with zero attached hydrogens (tertiary/aromatic N) is 3. The SMILES string of the molecule is CCCCCCCC/C=C\CCCCCCCCOP(=O)(NCc1cn(-c2cc3ccc(O)cc3oc2=O)nn1)OCCCCCCCC/C=C\CCCCCCCC. The minimum Gasteiger partial charge on any atom is -0.508 e. The fraction of sp³-hybridized carbons (Fsp3) is 0.688. The van der Waals surface area contributed by atoms with Crippen LogP contribution in [0.3, 0.4) is 0 Å². The lowest BCUT2D eigenvalue weighted by molar-refractivity contribution is 0.188. The Bertz CT molecular complexity index is 1620. The number of benzene rings is 1. The molecule has 0 spiro atoms. The number of hydrogen-bond acceptors (Lipinski definition) is 8. The van der Waals surface area contributed by atoms with Gasteiger partial charge < -0.3 is 9.52 Å². The Hall–Kier alpha value is -3.04. The van der Waals surface area contributed by atoms with Crippen molar-refractivity contribution in [1.82, 2.24) is 20.1 Å². The van der Waals surface area contributed by atoms with Gasteiger partial charge in [0.2, 0.25) is 0 Å². The van der Waals surface area contributed by atoms with E-state index in [0.717, 1.165) is 51.4 Å². The minimum absolute atomic E-state index is 0.0109. The van der Waals surface area contributed by atoms with Crippen molar-refractivity contribution in [2.45, 2.75) is 200 Å². The van der Waals surface area contributed by atoms with E-state index in [9.17, 15) is 14.5 Å². The summed E-state index contributed by atoms with van der Waals surface area (Å²) in [4.78, 5) is 12.7. The maximum absolute atomic E-state index is 13.9. The molecule has 0 bridgehead atoms. The molecule has 2 heterocycles. The molecule has 0 aliphatic carbocycles. The first-order valence-corrected chi connectivity index (χ1v) is 25.1. The number of unbranched alkanes of at least 4 members (excludes halogenated alkanes) is 24. The summed E-state index contributed by atoms with van der Waals surface area (Å²) in [6.07, 6.45) is 45.2. The molecular formula is C48H79N4O6P. The van der Waals surface area contributed by atoms with Crippen molar-refractivity contribution in [3.05, 3.63) is 70.9 Å². The van der Waals surface area contributed by atoms with Crippen molar-refractivity contribution >= 4 is 18.7 Å². The second kappa shape index (κ2) is 32.7. The van der Waals surface area contributed by atoms with E-state index in [0.29, 0.717) is 24.3 Å². The zero-order chi connectivity index (χ0) is 42.1. The fourth-order valence-corrected chi connectivity index (χ4v) is 8.47. The maximum atomic E-state index is 13.9. The van der Waals surface area contributed by atoms with E-state index < -0.39 is 13.4 Å². The van der Waals surface area contributed by atoms with Crippen molar-refractivity contribution in [2.24, 2.45) is 0 Å². The molecule has 0 saturated heterocycles. The van der Waals surface area contributed by atoms with E-state index in [1.54, 1.807) is 18.3 Å². The Morgan fingerprint density at radius 2 is 1.12 bits per heavy atom. The number of nitrogens with one attached hydrogen (secondary N) is 1. The summed E-state index contributed by atoms with van der Waals surface area (Å²) in [6.45, 7) is 5.31. The van der Waals surface area contributed by atoms with Crippen LogP contribution in [-0.2, 0) is 20.2 Å². The maximum Gasteiger partial charge on any atom is 0.405 e. The molecule has 10 nitrogen and oxygen atoms in total. The predicted octanol–water partition coefficient (Wildman–Crippen LogP) is 14.4. The number of phenols is 1. The van der Waals surface area contributed by atoms with E-state index in [4.69, 9.17) is 13.5 Å². The van der Waals surface area contributed by atoms with Crippen LogP contribution in [0.1, 0.15) is 199 Å². The third-order valence-corrected chi connectivity index (χ3v) is 12.4. The van der Waals surface area contributed by atoms with Gasteiger partial charge in [0.1, 0.15) is 11.3 Å². The number of hydrogen-bond donors (Lipinski definition) is 2. The quantitative estimate of drug-likeness (QED) is 0.0251.